The van der Waals surface area contributed by atoms with Crippen molar-refractivity contribution in [3.05, 3.63) is 514 Å². The summed E-state index contributed by atoms with van der Waals surface area (Å²) in [5.74, 6) is 1.41. The van der Waals surface area contributed by atoms with Crippen molar-refractivity contribution in [3.8, 4) is 101 Å². The van der Waals surface area contributed by atoms with E-state index < -0.39 is 199 Å². The Kier molecular flexibility index (Phi) is 18.9. The van der Waals surface area contributed by atoms with Crippen LogP contribution >= 0.6 is 0 Å². The van der Waals surface area contributed by atoms with E-state index in [1.165, 1.54) is 13.8 Å². The number of aryl methyl sites for hydroxylation is 6. The number of fused-ring (bicyclic) bond motifs is 8. The standard InChI is InChI=1S/2C70H59N4.2Pt/c2*1-45-36-46(2)65(47(3)37-45)55-39-51(38-50-32-33-59-58-28-18-19-29-60(58)74(63(59)41-50)64-43-56(34-35-71-64)70(6,7)8)40-57(42-55)72-44-73(62-31-21-20-30-61(62)72)69-67(53-24-14-10-15-25-53)48(4)66(52-22-12-9-13-23-52)49(5)68(69)54-26-16-11-17-27-54;;/h2*9-37,39,42-44H,38H2,1-8H3;;/q2*-3;;/i9D,10D,11D,12D,13D,14D,15D,16D,17D,22D,23D,24D,25D,26D,27D,38D2;9D,10D,11D,12D,13D,14D,15D,16D,17D,22D,23D,24D,25D,26D,27D;;. The SMILES string of the molecule is [2H]c1c([2H])c([2H])c(-c2c(C)c(-c3c([2H])c([2H])c([2H])c([2H])c3[2H])c(N3[CH-]N(c4[c-]c(C([2H])([2H])c5[c-]c6c(cc5)c5ccccc5n6-c5cc(C(C)(C)C)ccn5)cc(-c5c(C)cc(C)cc5C)c4)c4ccccc43)c(-c3c([2H])c([2H])c([2H])c([2H])c3[2H])c2C)c([2H])c1[2H].[2H]c1c([2H])c([2H])c(-c2c(C)c(-c3c([2H])c([2H])c([2H])c([2H])c3[2H])c(N3[CH-]N(c4[c-]c(Cc5[c-]c6c(cc5)c5ccccc5n6-c5cc(C(C)(C)C)ccn5)cc(-c5c(C)cc(C)cc5C)c4)c4ccccc43)c(-c3c([2H])c([2H])c([2H])c([2H])c3[2H])c2C)c([2H])c1[2H].[Pt].[Pt]. The molecule has 2 aliphatic heterocycles. The molecule has 0 bridgehead atoms. The van der Waals surface area contributed by atoms with Crippen LogP contribution in [0.15, 0.2) is 388 Å². The third kappa shape index (κ3) is 18.6. The number of nitrogens with zero attached hydrogens (tertiary/aromatic N) is 8. The average Bonchev–Trinajstić information content (AvgIpc) is 1.42. The van der Waals surface area contributed by atoms with Gasteiger partial charge in [-0.1, -0.05) is 330 Å². The van der Waals surface area contributed by atoms with Crippen molar-refractivity contribution in [1.82, 2.24) is 19.1 Å². The van der Waals surface area contributed by atoms with Crippen LogP contribution in [0.5, 0.6) is 0 Å². The minimum Gasteiger partial charge on any atom is -0.493 e. The molecular weight excluding hydrogens is 2180 g/mol. The second kappa shape index (κ2) is 41.2. The first-order chi connectivity index (χ1) is 85.0. The van der Waals surface area contributed by atoms with E-state index in [1.807, 2.05) is 127 Å². The molecule has 0 spiro atoms. The van der Waals surface area contributed by atoms with Crippen molar-refractivity contribution in [1.29, 1.82) is 0 Å². The summed E-state index contributed by atoms with van der Waals surface area (Å²) in [5, 5.41) is 3.83. The van der Waals surface area contributed by atoms with E-state index in [9.17, 15) is 19.2 Å². The molecule has 24 rings (SSSR count). The molecular formula is C140H118N8Pt2-6. The zero-order valence-corrected chi connectivity index (χ0v) is 89.7. The normalized spacial score (nSPS) is 15.5. The summed E-state index contributed by atoms with van der Waals surface area (Å²) in [6, 6.07) is 56.9. The van der Waals surface area contributed by atoms with Crippen molar-refractivity contribution < 1.29 is 86.0 Å². The Balaban J connectivity index is 0.000000202. The minimum atomic E-state index is -2.33. The van der Waals surface area contributed by atoms with Gasteiger partial charge < -0.3 is 28.7 Å². The van der Waals surface area contributed by atoms with E-state index in [-0.39, 0.29) is 153 Å². The predicted octanol–water partition coefficient (Wildman–Crippen LogP) is 36.6. The molecule has 0 unspecified atom stereocenters. The van der Waals surface area contributed by atoms with Gasteiger partial charge in [-0.25, -0.2) is 9.97 Å². The van der Waals surface area contributed by atoms with Gasteiger partial charge in [0.1, 0.15) is 11.6 Å². The molecule has 22 aromatic rings. The zero-order chi connectivity index (χ0) is 130. The van der Waals surface area contributed by atoms with Crippen LogP contribution in [0, 0.1) is 107 Å². The molecule has 0 saturated carbocycles. The van der Waals surface area contributed by atoms with Crippen LogP contribution in [0.1, 0.15) is 174 Å². The summed E-state index contributed by atoms with van der Waals surface area (Å²) in [6.45, 7) is 34.7. The number of para-hydroxylation sites is 6. The van der Waals surface area contributed by atoms with Crippen molar-refractivity contribution in [2.45, 2.75) is 134 Å². The third-order valence-electron chi connectivity index (χ3n) is 28.0. The van der Waals surface area contributed by atoms with E-state index in [1.54, 1.807) is 90.5 Å². The Morgan fingerprint density at radius 3 is 0.947 bits per heavy atom. The fourth-order valence-electron chi connectivity index (χ4n) is 21.7. The van der Waals surface area contributed by atoms with Crippen molar-refractivity contribution in [3.63, 3.8) is 0 Å². The molecule has 2 aliphatic rings. The van der Waals surface area contributed by atoms with Crippen LogP contribution in [-0.4, -0.2) is 19.1 Å². The Labute approximate surface area is 957 Å². The minimum absolute atomic E-state index is 0. The topological polar surface area (TPSA) is 48.6 Å². The van der Waals surface area contributed by atoms with E-state index in [0.717, 1.165) is 116 Å². The van der Waals surface area contributed by atoms with E-state index in [2.05, 4.69) is 152 Å². The quantitative estimate of drug-likeness (QED) is 0.0798. The van der Waals surface area contributed by atoms with Crippen LogP contribution in [0.4, 0.5) is 45.5 Å². The van der Waals surface area contributed by atoms with Crippen LogP contribution in [-0.2, 0) is 65.8 Å². The molecule has 0 amide bonds. The Morgan fingerprint density at radius 1 is 0.287 bits per heavy atom. The fourth-order valence-corrected chi connectivity index (χ4v) is 21.7. The molecule has 0 aliphatic carbocycles. The Hall–Kier alpha value is -15.6. The smallest absolute Gasteiger partial charge is 0.135 e. The van der Waals surface area contributed by atoms with Gasteiger partial charge in [-0.05, 0) is 276 Å². The summed E-state index contributed by atoms with van der Waals surface area (Å²) in [5.41, 5.74) is 16.8. The maximum absolute atomic E-state index is 10.3. The van der Waals surface area contributed by atoms with Crippen LogP contribution < -0.4 is 19.6 Å². The maximum Gasteiger partial charge on any atom is 0.135 e. The van der Waals surface area contributed by atoms with Gasteiger partial charge in [0.2, 0.25) is 0 Å². The number of pyridine rings is 2. The first-order valence-corrected chi connectivity index (χ1v) is 49.0. The molecule has 4 aromatic heterocycles. The number of aromatic nitrogens is 4. The van der Waals surface area contributed by atoms with E-state index >= 15 is 0 Å². The largest absolute Gasteiger partial charge is 0.493 e. The van der Waals surface area contributed by atoms with Gasteiger partial charge in [0.05, 0.1) is 41.1 Å². The number of benzene rings is 18. The van der Waals surface area contributed by atoms with E-state index in [0.29, 0.717) is 57.4 Å². The number of anilines is 8. The van der Waals surface area contributed by atoms with Gasteiger partial charge >= 0.3 is 0 Å². The second-order valence-corrected chi connectivity index (χ2v) is 39.8. The molecule has 744 valence electrons. The summed E-state index contributed by atoms with van der Waals surface area (Å²) in [6.07, 6.45) is 1.66. The molecule has 18 aromatic carbocycles. The van der Waals surface area contributed by atoms with Crippen LogP contribution in [0.2, 0.25) is 0 Å². The fraction of sp³-hybridized carbons (Fsp3) is 0.143. The van der Waals surface area contributed by atoms with Crippen LogP contribution in [0.3, 0.4) is 0 Å². The predicted molar refractivity (Wildman–Crippen MR) is 622 cm³/mol. The number of hydrogen-bond acceptors (Lipinski definition) is 6. The summed E-state index contributed by atoms with van der Waals surface area (Å²) in [4.78, 5) is 16.7. The molecule has 0 radical (unpaired) electrons. The third-order valence-corrected chi connectivity index (χ3v) is 28.0. The number of rotatable bonds is 18. The van der Waals surface area contributed by atoms with Crippen molar-refractivity contribution in [2.75, 3.05) is 19.6 Å². The van der Waals surface area contributed by atoms with Gasteiger partial charge in [-0.15, -0.1) is 58.7 Å². The van der Waals surface area contributed by atoms with Gasteiger partial charge in [0.25, 0.3) is 0 Å². The summed E-state index contributed by atoms with van der Waals surface area (Å²) >= 11 is 0. The molecule has 0 N–H and O–H groups in total. The second-order valence-electron chi connectivity index (χ2n) is 39.8. The molecule has 10 heteroatoms. The number of hydrogen-bond donors (Lipinski definition) is 0. The van der Waals surface area contributed by atoms with Gasteiger partial charge in [-0.2, -0.15) is 82.9 Å². The Morgan fingerprint density at radius 2 is 0.593 bits per heavy atom. The summed E-state index contributed by atoms with van der Waals surface area (Å²) < 4.78 is 299. The van der Waals surface area contributed by atoms with Gasteiger partial charge in [-0.3, -0.25) is 0 Å². The van der Waals surface area contributed by atoms with Gasteiger partial charge in [0.15, 0.2) is 0 Å². The van der Waals surface area contributed by atoms with Crippen molar-refractivity contribution in [2.24, 2.45) is 0 Å². The maximum atomic E-state index is 10.3. The molecule has 6 heterocycles. The average molecular weight is 2330 g/mol. The molecule has 0 saturated heterocycles. The van der Waals surface area contributed by atoms with Crippen molar-refractivity contribution >= 4 is 89.1 Å². The zero-order valence-electron chi connectivity index (χ0n) is 117. The molecule has 150 heavy (non-hydrogen) atoms. The van der Waals surface area contributed by atoms with E-state index in [4.69, 9.17) is 34.6 Å². The van der Waals surface area contributed by atoms with Gasteiger partial charge in [0, 0.05) is 125 Å². The van der Waals surface area contributed by atoms with Crippen LogP contribution in [0.25, 0.3) is 144 Å². The first kappa shape index (κ1) is 68.9. The molecule has 8 nitrogen and oxygen atoms in total. The first-order valence-electron chi connectivity index (χ1n) is 65.0. The molecule has 0 fully saturated rings. The monoisotopic (exact) mass is 2330 g/mol. The summed E-state index contributed by atoms with van der Waals surface area (Å²) in [7, 11) is 0. The molecule has 0 atom stereocenters. The Bertz CT molecular complexity index is 10700.